The van der Waals surface area contributed by atoms with Gasteiger partial charge in [0.15, 0.2) is 0 Å². The van der Waals surface area contributed by atoms with Gasteiger partial charge < -0.3 is 15.0 Å². The van der Waals surface area contributed by atoms with Crippen LogP contribution in [-0.2, 0) is 4.79 Å². The first kappa shape index (κ1) is 13.7. The maximum absolute atomic E-state index is 12.5. The van der Waals surface area contributed by atoms with Crippen molar-refractivity contribution in [1.29, 1.82) is 0 Å². The second kappa shape index (κ2) is 5.24. The Morgan fingerprint density at radius 1 is 1.33 bits per heavy atom. The van der Waals surface area contributed by atoms with E-state index in [1.165, 1.54) is 0 Å². The highest BCUT2D eigenvalue weighted by Crippen LogP contribution is 2.21. The van der Waals surface area contributed by atoms with Crippen LogP contribution in [-0.4, -0.2) is 40.0 Å². The molecule has 1 aromatic heterocycles. The molecule has 2 N–H and O–H groups in total. The van der Waals surface area contributed by atoms with Crippen molar-refractivity contribution in [3.8, 4) is 0 Å². The molecule has 1 aromatic carbocycles. The van der Waals surface area contributed by atoms with Crippen LogP contribution in [0.15, 0.2) is 24.3 Å². The number of piperidine rings is 1. The van der Waals surface area contributed by atoms with E-state index in [-0.39, 0.29) is 5.91 Å². The third-order valence-electron chi connectivity index (χ3n) is 4.07. The number of aromatic nitrogens is 1. The molecule has 1 aliphatic rings. The molecule has 5 nitrogen and oxygen atoms in total. The summed E-state index contributed by atoms with van der Waals surface area (Å²) in [5.41, 5.74) is 2.60. The lowest BCUT2D eigenvalue weighted by molar-refractivity contribution is -0.143. The molecule has 1 aliphatic heterocycles. The maximum Gasteiger partial charge on any atom is 0.308 e. The second-order valence-electron chi connectivity index (χ2n) is 5.70. The van der Waals surface area contributed by atoms with Crippen molar-refractivity contribution in [2.45, 2.75) is 19.8 Å². The van der Waals surface area contributed by atoms with Gasteiger partial charge in [0, 0.05) is 24.0 Å². The first-order valence-electron chi connectivity index (χ1n) is 7.16. The Labute approximate surface area is 122 Å². The SMILES string of the molecule is Cc1ccc2cc(C(=O)N3CCC[C@H](C(=O)O)C3)[nH]c2c1. The van der Waals surface area contributed by atoms with Crippen molar-refractivity contribution < 1.29 is 14.7 Å². The monoisotopic (exact) mass is 286 g/mol. The molecule has 0 saturated carbocycles. The van der Waals surface area contributed by atoms with Gasteiger partial charge in [-0.2, -0.15) is 0 Å². The van der Waals surface area contributed by atoms with E-state index >= 15 is 0 Å². The second-order valence-corrected chi connectivity index (χ2v) is 5.70. The van der Waals surface area contributed by atoms with Crippen LogP contribution < -0.4 is 0 Å². The van der Waals surface area contributed by atoms with Gasteiger partial charge in [0.2, 0.25) is 0 Å². The van der Waals surface area contributed by atoms with Crippen LogP contribution >= 0.6 is 0 Å². The molecule has 1 atom stereocenters. The zero-order valence-electron chi connectivity index (χ0n) is 11.9. The van der Waals surface area contributed by atoms with Gasteiger partial charge in [-0.3, -0.25) is 9.59 Å². The van der Waals surface area contributed by atoms with Crippen LogP contribution in [0.4, 0.5) is 0 Å². The van der Waals surface area contributed by atoms with Gasteiger partial charge in [0.05, 0.1) is 5.92 Å². The average molecular weight is 286 g/mol. The largest absolute Gasteiger partial charge is 0.481 e. The minimum atomic E-state index is -0.820. The normalized spacial score (nSPS) is 18.9. The van der Waals surface area contributed by atoms with Crippen LogP contribution in [0.3, 0.4) is 0 Å². The Kier molecular flexibility index (Phi) is 3.41. The summed E-state index contributed by atoms with van der Waals surface area (Å²) < 4.78 is 0. The number of hydrogen-bond donors (Lipinski definition) is 2. The number of benzene rings is 1. The zero-order chi connectivity index (χ0) is 15.0. The molecular weight excluding hydrogens is 268 g/mol. The molecule has 110 valence electrons. The van der Waals surface area contributed by atoms with E-state index in [4.69, 9.17) is 5.11 Å². The maximum atomic E-state index is 12.5. The number of rotatable bonds is 2. The van der Waals surface area contributed by atoms with Crippen molar-refractivity contribution in [3.63, 3.8) is 0 Å². The van der Waals surface area contributed by atoms with Crippen LogP contribution in [0.25, 0.3) is 10.9 Å². The molecule has 0 aliphatic carbocycles. The number of aromatic amines is 1. The Morgan fingerprint density at radius 3 is 2.90 bits per heavy atom. The van der Waals surface area contributed by atoms with E-state index in [2.05, 4.69) is 4.98 Å². The number of aryl methyl sites for hydroxylation is 1. The number of carboxylic acids is 1. The number of aliphatic carboxylic acids is 1. The van der Waals surface area contributed by atoms with Crippen molar-refractivity contribution in [2.75, 3.05) is 13.1 Å². The molecule has 0 unspecified atom stereocenters. The molecular formula is C16H18N2O3. The number of carbonyl (C=O) groups excluding carboxylic acids is 1. The summed E-state index contributed by atoms with van der Waals surface area (Å²) in [5, 5.41) is 10.1. The van der Waals surface area contributed by atoms with Crippen LogP contribution in [0.5, 0.6) is 0 Å². The highest BCUT2D eigenvalue weighted by molar-refractivity contribution is 5.98. The number of carboxylic acid groups (broad SMARTS) is 1. The number of H-pyrrole nitrogens is 1. The van der Waals surface area contributed by atoms with Gasteiger partial charge in [-0.25, -0.2) is 0 Å². The smallest absolute Gasteiger partial charge is 0.308 e. The summed E-state index contributed by atoms with van der Waals surface area (Å²) >= 11 is 0. The summed E-state index contributed by atoms with van der Waals surface area (Å²) in [6.07, 6.45) is 1.38. The third kappa shape index (κ3) is 2.63. The molecule has 0 radical (unpaired) electrons. The number of carbonyl (C=O) groups is 2. The number of hydrogen-bond acceptors (Lipinski definition) is 2. The van der Waals surface area contributed by atoms with Gasteiger partial charge in [0.25, 0.3) is 5.91 Å². The van der Waals surface area contributed by atoms with Crippen LogP contribution in [0.1, 0.15) is 28.9 Å². The summed E-state index contributed by atoms with van der Waals surface area (Å²) in [6, 6.07) is 7.82. The Balaban J connectivity index is 1.84. The van der Waals surface area contributed by atoms with E-state index in [1.807, 2.05) is 31.2 Å². The Morgan fingerprint density at radius 2 is 2.14 bits per heavy atom. The molecule has 0 spiro atoms. The predicted molar refractivity (Wildman–Crippen MR) is 79.3 cm³/mol. The lowest BCUT2D eigenvalue weighted by Gasteiger charge is -2.30. The summed E-state index contributed by atoms with van der Waals surface area (Å²) in [6.45, 7) is 2.92. The summed E-state index contributed by atoms with van der Waals surface area (Å²) in [7, 11) is 0. The standard InChI is InChI=1S/C16H18N2O3/c1-10-4-5-11-8-14(17-13(11)7-10)15(19)18-6-2-3-12(9-18)16(20)21/h4-5,7-8,12,17H,2-3,6,9H2,1H3,(H,20,21)/t12-/m0/s1. The van der Waals surface area contributed by atoms with E-state index in [1.54, 1.807) is 4.90 Å². The summed E-state index contributed by atoms with van der Waals surface area (Å²) in [4.78, 5) is 28.4. The average Bonchev–Trinajstić information content (AvgIpc) is 2.89. The fraction of sp³-hybridized carbons (Fsp3) is 0.375. The Bertz CT molecular complexity index is 705. The fourth-order valence-electron chi connectivity index (χ4n) is 2.89. The van der Waals surface area contributed by atoms with Crippen molar-refractivity contribution >= 4 is 22.8 Å². The van der Waals surface area contributed by atoms with Gasteiger partial charge in [-0.05, 0) is 37.5 Å². The molecule has 1 saturated heterocycles. The van der Waals surface area contributed by atoms with Gasteiger partial charge in [-0.15, -0.1) is 0 Å². The van der Waals surface area contributed by atoms with Gasteiger partial charge in [0.1, 0.15) is 5.69 Å². The van der Waals surface area contributed by atoms with Gasteiger partial charge in [-0.1, -0.05) is 12.1 Å². The Hall–Kier alpha value is -2.30. The quantitative estimate of drug-likeness (QED) is 0.890. The first-order chi connectivity index (χ1) is 10.0. The number of amides is 1. The topological polar surface area (TPSA) is 73.4 Å². The number of fused-ring (bicyclic) bond motifs is 1. The molecule has 2 heterocycles. The molecule has 21 heavy (non-hydrogen) atoms. The molecule has 0 bridgehead atoms. The fourth-order valence-corrected chi connectivity index (χ4v) is 2.89. The predicted octanol–water partition coefficient (Wildman–Crippen LogP) is 2.41. The van der Waals surface area contributed by atoms with Crippen molar-refractivity contribution in [3.05, 3.63) is 35.5 Å². The number of nitrogens with zero attached hydrogens (tertiary/aromatic N) is 1. The minimum Gasteiger partial charge on any atom is -0.481 e. The lowest BCUT2D eigenvalue weighted by atomic mass is 9.98. The summed E-state index contributed by atoms with van der Waals surface area (Å²) in [5.74, 6) is -1.39. The van der Waals surface area contributed by atoms with E-state index in [0.29, 0.717) is 25.2 Å². The van der Waals surface area contributed by atoms with Crippen LogP contribution in [0.2, 0.25) is 0 Å². The molecule has 1 amide bonds. The van der Waals surface area contributed by atoms with E-state index < -0.39 is 11.9 Å². The first-order valence-corrected chi connectivity index (χ1v) is 7.16. The highest BCUT2D eigenvalue weighted by Gasteiger charge is 2.29. The molecule has 3 rings (SSSR count). The lowest BCUT2D eigenvalue weighted by Crippen LogP contribution is -2.42. The molecule has 2 aromatic rings. The third-order valence-corrected chi connectivity index (χ3v) is 4.07. The highest BCUT2D eigenvalue weighted by atomic mass is 16.4. The van der Waals surface area contributed by atoms with Crippen molar-refractivity contribution in [1.82, 2.24) is 9.88 Å². The van der Waals surface area contributed by atoms with E-state index in [9.17, 15) is 9.59 Å². The van der Waals surface area contributed by atoms with E-state index in [0.717, 1.165) is 22.9 Å². The van der Waals surface area contributed by atoms with Gasteiger partial charge >= 0.3 is 5.97 Å². The zero-order valence-corrected chi connectivity index (χ0v) is 11.9. The van der Waals surface area contributed by atoms with Crippen molar-refractivity contribution in [2.24, 2.45) is 5.92 Å². The molecule has 5 heteroatoms. The molecule has 1 fully saturated rings. The minimum absolute atomic E-state index is 0.116. The number of likely N-dealkylation sites (tertiary alicyclic amines) is 1. The van der Waals surface area contributed by atoms with Crippen LogP contribution in [0, 0.1) is 12.8 Å². The number of nitrogens with one attached hydrogen (secondary N) is 1.